The lowest BCUT2D eigenvalue weighted by atomic mass is 9.98. The summed E-state index contributed by atoms with van der Waals surface area (Å²) in [6.07, 6.45) is 1.87. The van der Waals surface area contributed by atoms with E-state index in [1.165, 1.54) is 31.2 Å². The fraction of sp³-hybridized carbons (Fsp3) is 0.536. The topological polar surface area (TPSA) is 160 Å². The summed E-state index contributed by atoms with van der Waals surface area (Å²) in [6.45, 7) is 9.91. The van der Waals surface area contributed by atoms with Crippen LogP contribution in [0.4, 0.5) is 4.79 Å². The van der Waals surface area contributed by atoms with Crippen LogP contribution in [0.25, 0.3) is 0 Å². The zero-order valence-electron chi connectivity index (χ0n) is 23.3. The number of ketones is 1. The van der Waals surface area contributed by atoms with E-state index in [0.29, 0.717) is 5.56 Å². The van der Waals surface area contributed by atoms with Gasteiger partial charge in [-0.25, -0.2) is 9.59 Å². The number of hydrogen-bond acceptors (Lipinski definition) is 8. The number of carbonyl (C=O) groups is 5. The first-order valence-electron chi connectivity index (χ1n) is 12.9. The van der Waals surface area contributed by atoms with Gasteiger partial charge in [0.25, 0.3) is 0 Å². The van der Waals surface area contributed by atoms with Crippen LogP contribution in [0.5, 0.6) is 5.75 Å². The number of benzene rings is 1. The van der Waals surface area contributed by atoms with Crippen molar-refractivity contribution >= 4 is 29.7 Å². The van der Waals surface area contributed by atoms with Crippen LogP contribution in [-0.2, 0) is 35.1 Å². The third kappa shape index (κ3) is 10.8. The van der Waals surface area contributed by atoms with Crippen molar-refractivity contribution in [3.8, 4) is 5.75 Å². The van der Waals surface area contributed by atoms with Crippen molar-refractivity contribution < 1.29 is 38.6 Å². The van der Waals surface area contributed by atoms with E-state index < -0.39 is 53.5 Å². The molecule has 2 rings (SSSR count). The molecule has 0 aromatic heterocycles. The Balaban J connectivity index is 2.22. The highest BCUT2D eigenvalue weighted by molar-refractivity contribution is 5.95. The number of carbonyl (C=O) groups excluding carboxylic acids is 5. The van der Waals surface area contributed by atoms with Crippen LogP contribution in [0.1, 0.15) is 53.5 Å². The maximum Gasteiger partial charge on any atom is 0.408 e. The van der Waals surface area contributed by atoms with Gasteiger partial charge in [-0.2, -0.15) is 0 Å². The molecule has 214 valence electrons. The van der Waals surface area contributed by atoms with Gasteiger partial charge in [0, 0.05) is 18.8 Å². The molecule has 0 unspecified atom stereocenters. The molecule has 1 aliphatic rings. The van der Waals surface area contributed by atoms with Gasteiger partial charge in [-0.3, -0.25) is 14.4 Å². The van der Waals surface area contributed by atoms with Crippen molar-refractivity contribution in [2.75, 3.05) is 6.61 Å². The molecule has 0 saturated carbocycles. The largest absolute Gasteiger partial charge is 0.508 e. The molecular formula is C28H39N3O8. The van der Waals surface area contributed by atoms with Crippen LogP contribution in [0, 0.1) is 11.8 Å². The Bertz CT molecular complexity index is 1080. The van der Waals surface area contributed by atoms with Gasteiger partial charge in [0.1, 0.15) is 23.4 Å². The number of esters is 1. The number of cyclic esters (lactones) is 1. The molecule has 3 amide bonds. The number of rotatable bonds is 7. The third-order valence-corrected chi connectivity index (χ3v) is 5.86. The van der Waals surface area contributed by atoms with Crippen LogP contribution >= 0.6 is 0 Å². The number of amides is 3. The fourth-order valence-corrected chi connectivity index (χ4v) is 3.75. The van der Waals surface area contributed by atoms with Crippen molar-refractivity contribution in [2.45, 2.75) is 78.1 Å². The molecule has 1 aliphatic heterocycles. The van der Waals surface area contributed by atoms with E-state index in [1.54, 1.807) is 46.8 Å². The maximum atomic E-state index is 13.1. The van der Waals surface area contributed by atoms with Crippen molar-refractivity contribution in [1.82, 2.24) is 16.0 Å². The molecule has 1 aromatic rings. The quantitative estimate of drug-likeness (QED) is 0.379. The molecule has 4 N–H and O–H groups in total. The maximum absolute atomic E-state index is 13.1. The van der Waals surface area contributed by atoms with Gasteiger partial charge in [0.2, 0.25) is 11.8 Å². The number of ether oxygens (including phenoxy) is 2. The van der Waals surface area contributed by atoms with Gasteiger partial charge in [-0.1, -0.05) is 32.1 Å². The Morgan fingerprint density at radius 1 is 1.10 bits per heavy atom. The van der Waals surface area contributed by atoms with E-state index >= 15 is 0 Å². The van der Waals surface area contributed by atoms with E-state index in [-0.39, 0.29) is 36.9 Å². The number of phenolic OH excluding ortho intramolecular Hbond substituents is 1. The Labute approximate surface area is 228 Å². The smallest absolute Gasteiger partial charge is 0.408 e. The van der Waals surface area contributed by atoms with Crippen molar-refractivity contribution in [2.24, 2.45) is 11.8 Å². The van der Waals surface area contributed by atoms with E-state index in [2.05, 4.69) is 16.0 Å². The Morgan fingerprint density at radius 3 is 2.33 bits per heavy atom. The van der Waals surface area contributed by atoms with Gasteiger partial charge in [0.15, 0.2) is 5.78 Å². The molecule has 0 saturated heterocycles. The highest BCUT2D eigenvalue weighted by atomic mass is 16.6. The first-order chi connectivity index (χ1) is 18.1. The lowest BCUT2D eigenvalue weighted by Crippen LogP contribution is -2.54. The van der Waals surface area contributed by atoms with Gasteiger partial charge in [-0.15, -0.1) is 0 Å². The minimum atomic E-state index is -1.08. The van der Waals surface area contributed by atoms with E-state index in [4.69, 9.17) is 9.47 Å². The molecular weight excluding hydrogens is 506 g/mol. The van der Waals surface area contributed by atoms with Crippen molar-refractivity contribution in [3.63, 3.8) is 0 Å². The zero-order chi connectivity index (χ0) is 29.3. The van der Waals surface area contributed by atoms with Crippen LogP contribution in [0.15, 0.2) is 36.4 Å². The fourth-order valence-electron chi connectivity index (χ4n) is 3.75. The summed E-state index contributed by atoms with van der Waals surface area (Å²) in [7, 11) is 0. The SMILES string of the molecule is CC(C)[C@@H]1NC(=O)/C=C/[C@@H](CC(=O)[C@H](C)NC(=O)OC(C)(C)C)COC(=O)[C@H](Cc2ccc(O)cc2)NC1=O. The Hall–Kier alpha value is -3.89. The summed E-state index contributed by atoms with van der Waals surface area (Å²) in [5, 5.41) is 17.4. The predicted molar refractivity (Wildman–Crippen MR) is 143 cm³/mol. The van der Waals surface area contributed by atoms with Crippen LogP contribution < -0.4 is 16.0 Å². The molecule has 0 spiro atoms. The molecule has 0 bridgehead atoms. The standard InChI is InChI=1S/C28H39N3O8/c1-16(2)24-25(35)30-21(13-18-7-10-20(32)11-8-18)26(36)38-15-19(9-12-23(34)31-24)14-22(33)17(3)29-27(37)39-28(4,5)6/h7-12,16-17,19,21,24,32H,13-15H2,1-6H3,(H,29,37)(H,30,35)(H,31,34)/b12-9+/t17-,19-,21-,24-/m0/s1. The van der Waals surface area contributed by atoms with E-state index in [0.717, 1.165) is 0 Å². The number of nitrogens with one attached hydrogen (secondary N) is 3. The first kappa shape index (κ1) is 31.3. The molecule has 4 atom stereocenters. The molecule has 11 nitrogen and oxygen atoms in total. The number of Topliss-reactive ketones (excluding diaryl/α,β-unsaturated/α-hetero) is 1. The summed E-state index contributed by atoms with van der Waals surface area (Å²) in [4.78, 5) is 63.6. The zero-order valence-corrected chi connectivity index (χ0v) is 23.3. The van der Waals surface area contributed by atoms with Gasteiger partial charge < -0.3 is 30.5 Å². The lowest BCUT2D eigenvalue weighted by molar-refractivity contribution is -0.149. The minimum Gasteiger partial charge on any atom is -0.508 e. The summed E-state index contributed by atoms with van der Waals surface area (Å²) >= 11 is 0. The van der Waals surface area contributed by atoms with Crippen LogP contribution in [0.3, 0.4) is 0 Å². The Kier molecular flexibility index (Phi) is 11.1. The van der Waals surface area contributed by atoms with Crippen molar-refractivity contribution in [3.05, 3.63) is 42.0 Å². The molecule has 0 fully saturated rings. The monoisotopic (exact) mass is 545 g/mol. The van der Waals surface area contributed by atoms with Gasteiger partial charge in [0.05, 0.1) is 12.6 Å². The highest BCUT2D eigenvalue weighted by Crippen LogP contribution is 2.15. The summed E-state index contributed by atoms with van der Waals surface area (Å²) in [5.74, 6) is -3.04. The van der Waals surface area contributed by atoms with E-state index in [9.17, 15) is 29.1 Å². The number of aromatic hydroxyl groups is 1. The lowest BCUT2D eigenvalue weighted by Gasteiger charge is -2.26. The first-order valence-corrected chi connectivity index (χ1v) is 12.9. The average molecular weight is 546 g/mol. The normalized spacial score (nSPS) is 22.3. The second kappa shape index (κ2) is 13.8. The molecule has 1 heterocycles. The Morgan fingerprint density at radius 2 is 1.74 bits per heavy atom. The second-order valence-electron chi connectivity index (χ2n) is 10.9. The number of alkyl carbamates (subject to hydrolysis) is 1. The van der Waals surface area contributed by atoms with Gasteiger partial charge >= 0.3 is 12.1 Å². The third-order valence-electron chi connectivity index (χ3n) is 5.86. The summed E-state index contributed by atoms with van der Waals surface area (Å²) < 4.78 is 10.7. The van der Waals surface area contributed by atoms with Crippen LogP contribution in [0.2, 0.25) is 0 Å². The molecule has 39 heavy (non-hydrogen) atoms. The number of phenols is 1. The summed E-state index contributed by atoms with van der Waals surface area (Å²) in [5.41, 5.74) is -0.0640. The van der Waals surface area contributed by atoms with Crippen molar-refractivity contribution in [1.29, 1.82) is 0 Å². The minimum absolute atomic E-state index is 0.0568. The molecule has 11 heteroatoms. The molecule has 1 aromatic carbocycles. The van der Waals surface area contributed by atoms with Crippen LogP contribution in [-0.4, -0.2) is 65.1 Å². The molecule has 0 radical (unpaired) electrons. The molecule has 0 aliphatic carbocycles. The average Bonchev–Trinajstić information content (AvgIpc) is 2.82. The number of hydrogen-bond donors (Lipinski definition) is 4. The highest BCUT2D eigenvalue weighted by Gasteiger charge is 2.31. The predicted octanol–water partition coefficient (Wildman–Crippen LogP) is 2.16. The van der Waals surface area contributed by atoms with Gasteiger partial charge in [-0.05, 0) is 57.4 Å². The summed E-state index contributed by atoms with van der Waals surface area (Å²) in [6, 6.07) is 3.29. The second-order valence-corrected chi connectivity index (χ2v) is 10.9. The van der Waals surface area contributed by atoms with E-state index in [1.807, 2.05) is 0 Å².